The van der Waals surface area contributed by atoms with Crippen molar-refractivity contribution in [1.82, 2.24) is 0 Å². The number of aliphatic hydroxyl groups excluding tert-OH is 1. The van der Waals surface area contributed by atoms with Crippen LogP contribution in [-0.4, -0.2) is 17.8 Å². The van der Waals surface area contributed by atoms with Gasteiger partial charge in [-0.05, 0) is 24.5 Å². The van der Waals surface area contributed by atoms with E-state index >= 15 is 0 Å². The van der Waals surface area contributed by atoms with Gasteiger partial charge >= 0.3 is 0 Å². The van der Waals surface area contributed by atoms with Crippen molar-refractivity contribution in [1.29, 1.82) is 0 Å². The number of rotatable bonds is 5. The molecule has 2 atom stereocenters. The van der Waals surface area contributed by atoms with Crippen LogP contribution in [0.15, 0.2) is 18.2 Å². The Balaban J connectivity index is 3.05. The van der Waals surface area contributed by atoms with Crippen molar-refractivity contribution < 1.29 is 13.9 Å². The van der Waals surface area contributed by atoms with E-state index in [9.17, 15) is 8.78 Å². The van der Waals surface area contributed by atoms with Crippen LogP contribution in [0.3, 0.4) is 0 Å². The Bertz CT molecular complexity index is 344. The van der Waals surface area contributed by atoms with E-state index in [1.54, 1.807) is 0 Å². The fourth-order valence-corrected chi connectivity index (χ4v) is 1.83. The Morgan fingerprint density at radius 2 is 2.06 bits per heavy atom. The molecule has 0 radical (unpaired) electrons. The van der Waals surface area contributed by atoms with Crippen LogP contribution in [-0.2, 0) is 0 Å². The number of hydrogen-bond donors (Lipinski definition) is 2. The van der Waals surface area contributed by atoms with Crippen molar-refractivity contribution in [2.45, 2.75) is 31.7 Å². The van der Waals surface area contributed by atoms with Gasteiger partial charge in [-0.25, -0.2) is 8.78 Å². The van der Waals surface area contributed by atoms with Gasteiger partial charge in [0.15, 0.2) is 11.6 Å². The first kappa shape index (κ1) is 13.1. The molecule has 0 aliphatic heterocycles. The van der Waals surface area contributed by atoms with Crippen LogP contribution in [0.5, 0.6) is 0 Å². The van der Waals surface area contributed by atoms with E-state index in [4.69, 9.17) is 10.8 Å². The Morgan fingerprint density at radius 3 is 2.62 bits per heavy atom. The van der Waals surface area contributed by atoms with E-state index in [2.05, 4.69) is 0 Å². The van der Waals surface area contributed by atoms with Crippen molar-refractivity contribution in [3.63, 3.8) is 0 Å². The van der Waals surface area contributed by atoms with Crippen LogP contribution >= 0.6 is 0 Å². The zero-order chi connectivity index (χ0) is 12.1. The molecule has 0 amide bonds. The molecule has 3 N–H and O–H groups in total. The lowest BCUT2D eigenvalue weighted by molar-refractivity contribution is 0.264. The highest BCUT2D eigenvalue weighted by Gasteiger charge is 2.22. The minimum absolute atomic E-state index is 0.0890. The molecule has 2 nitrogen and oxygen atoms in total. The normalized spacial score (nSPS) is 14.8. The molecule has 0 heterocycles. The molecule has 0 saturated heterocycles. The van der Waals surface area contributed by atoms with Gasteiger partial charge < -0.3 is 10.8 Å². The van der Waals surface area contributed by atoms with E-state index < -0.39 is 11.6 Å². The number of benzene rings is 1. The third-order valence-corrected chi connectivity index (χ3v) is 2.81. The fraction of sp³-hybridized carbons (Fsp3) is 0.500. The number of nitrogens with two attached hydrogens (primary N) is 1. The second-order valence-electron chi connectivity index (χ2n) is 3.83. The maximum atomic E-state index is 13.6. The SMILES string of the molecule is CCC(N)C(CCO)c1cccc(F)c1F. The molecule has 0 saturated carbocycles. The molecule has 0 bridgehead atoms. The van der Waals surface area contributed by atoms with Crippen LogP contribution in [0.25, 0.3) is 0 Å². The molecule has 4 heteroatoms. The zero-order valence-corrected chi connectivity index (χ0v) is 9.29. The Hall–Kier alpha value is -1.00. The Kier molecular flexibility index (Phi) is 4.83. The van der Waals surface area contributed by atoms with Crippen molar-refractivity contribution in [3.8, 4) is 0 Å². The lowest BCUT2D eigenvalue weighted by Gasteiger charge is -2.23. The molecule has 0 spiro atoms. The molecule has 1 aromatic rings. The van der Waals surface area contributed by atoms with Gasteiger partial charge in [0.2, 0.25) is 0 Å². The number of halogens is 2. The van der Waals surface area contributed by atoms with Crippen LogP contribution in [0.1, 0.15) is 31.2 Å². The van der Waals surface area contributed by atoms with Crippen LogP contribution in [0.2, 0.25) is 0 Å². The fourth-order valence-electron chi connectivity index (χ4n) is 1.83. The summed E-state index contributed by atoms with van der Waals surface area (Å²) in [7, 11) is 0. The summed E-state index contributed by atoms with van der Waals surface area (Å²) < 4.78 is 26.6. The summed E-state index contributed by atoms with van der Waals surface area (Å²) in [5.41, 5.74) is 6.11. The van der Waals surface area contributed by atoms with Crippen molar-refractivity contribution in [2.75, 3.05) is 6.61 Å². The Labute approximate surface area is 94.1 Å². The van der Waals surface area contributed by atoms with E-state index in [0.717, 1.165) is 6.07 Å². The maximum absolute atomic E-state index is 13.6. The second kappa shape index (κ2) is 5.92. The van der Waals surface area contributed by atoms with Gasteiger partial charge in [0.25, 0.3) is 0 Å². The van der Waals surface area contributed by atoms with Gasteiger partial charge in [-0.15, -0.1) is 0 Å². The third kappa shape index (κ3) is 2.77. The van der Waals surface area contributed by atoms with Gasteiger partial charge in [0, 0.05) is 18.6 Å². The molecule has 16 heavy (non-hydrogen) atoms. The minimum Gasteiger partial charge on any atom is -0.396 e. The summed E-state index contributed by atoms with van der Waals surface area (Å²) >= 11 is 0. The first-order valence-corrected chi connectivity index (χ1v) is 5.42. The van der Waals surface area contributed by atoms with E-state index in [-0.39, 0.29) is 24.1 Å². The summed E-state index contributed by atoms with van der Waals surface area (Å²) in [5, 5.41) is 8.93. The Morgan fingerprint density at radius 1 is 1.38 bits per heavy atom. The smallest absolute Gasteiger partial charge is 0.162 e. The standard InChI is InChI=1S/C12H17F2NO/c1-2-11(15)8(6-7-16)9-4-3-5-10(13)12(9)14/h3-5,8,11,16H,2,6-7,15H2,1H3. The molecule has 1 rings (SSSR count). The number of hydrogen-bond acceptors (Lipinski definition) is 2. The predicted molar refractivity (Wildman–Crippen MR) is 59.1 cm³/mol. The van der Waals surface area contributed by atoms with Crippen LogP contribution in [0.4, 0.5) is 8.78 Å². The average molecular weight is 229 g/mol. The van der Waals surface area contributed by atoms with Gasteiger partial charge in [-0.3, -0.25) is 0 Å². The number of aliphatic hydroxyl groups is 1. The molecular weight excluding hydrogens is 212 g/mol. The molecular formula is C12H17F2NO. The molecule has 0 fully saturated rings. The molecule has 0 aromatic heterocycles. The lowest BCUT2D eigenvalue weighted by Crippen LogP contribution is -2.29. The second-order valence-corrected chi connectivity index (χ2v) is 3.83. The minimum atomic E-state index is -0.872. The molecule has 90 valence electrons. The van der Waals surface area contributed by atoms with E-state index in [1.807, 2.05) is 6.92 Å². The van der Waals surface area contributed by atoms with E-state index in [0.29, 0.717) is 12.8 Å². The zero-order valence-electron chi connectivity index (χ0n) is 9.29. The highest BCUT2D eigenvalue weighted by molar-refractivity contribution is 5.24. The third-order valence-electron chi connectivity index (χ3n) is 2.81. The highest BCUT2D eigenvalue weighted by atomic mass is 19.2. The van der Waals surface area contributed by atoms with Crippen molar-refractivity contribution in [2.24, 2.45) is 5.73 Å². The van der Waals surface area contributed by atoms with E-state index in [1.165, 1.54) is 12.1 Å². The molecule has 0 aliphatic carbocycles. The quantitative estimate of drug-likeness (QED) is 0.812. The van der Waals surface area contributed by atoms with Gasteiger partial charge in [0.05, 0.1) is 0 Å². The highest BCUT2D eigenvalue weighted by Crippen LogP contribution is 2.27. The molecule has 0 aliphatic rings. The summed E-state index contributed by atoms with van der Waals surface area (Å²) in [6.07, 6.45) is 0.996. The van der Waals surface area contributed by atoms with Gasteiger partial charge in [0.1, 0.15) is 0 Å². The first-order chi connectivity index (χ1) is 7.61. The molecule has 1 aromatic carbocycles. The lowest BCUT2D eigenvalue weighted by atomic mass is 9.87. The summed E-state index contributed by atoms with van der Waals surface area (Å²) in [6.45, 7) is 1.79. The average Bonchev–Trinajstić information content (AvgIpc) is 2.29. The summed E-state index contributed by atoms with van der Waals surface area (Å²) in [6, 6.07) is 3.78. The van der Waals surface area contributed by atoms with Crippen molar-refractivity contribution in [3.05, 3.63) is 35.4 Å². The predicted octanol–water partition coefficient (Wildman–Crippen LogP) is 2.17. The topological polar surface area (TPSA) is 46.2 Å². The van der Waals surface area contributed by atoms with Gasteiger partial charge in [-0.2, -0.15) is 0 Å². The van der Waals surface area contributed by atoms with Crippen molar-refractivity contribution >= 4 is 0 Å². The summed E-state index contributed by atoms with van der Waals surface area (Å²) in [5.74, 6) is -2.07. The maximum Gasteiger partial charge on any atom is 0.162 e. The van der Waals surface area contributed by atoms with Gasteiger partial charge in [-0.1, -0.05) is 19.1 Å². The summed E-state index contributed by atoms with van der Waals surface area (Å²) in [4.78, 5) is 0. The van der Waals surface area contributed by atoms with Crippen LogP contribution < -0.4 is 5.73 Å². The largest absolute Gasteiger partial charge is 0.396 e. The van der Waals surface area contributed by atoms with Crippen LogP contribution in [0, 0.1) is 11.6 Å². The monoisotopic (exact) mass is 229 g/mol. The first-order valence-electron chi connectivity index (χ1n) is 5.42. The molecule has 2 unspecified atom stereocenters.